The van der Waals surface area contributed by atoms with Gasteiger partial charge >= 0.3 is 0 Å². The van der Waals surface area contributed by atoms with E-state index in [4.69, 9.17) is 0 Å². The van der Waals surface area contributed by atoms with E-state index in [0.29, 0.717) is 0 Å². The number of pyridine rings is 1. The highest BCUT2D eigenvalue weighted by atomic mass is 14.9. The normalized spacial score (nSPS) is 18.9. The fourth-order valence-corrected chi connectivity index (χ4v) is 2.73. The number of hydrogen-bond acceptors (Lipinski definition) is 2. The summed E-state index contributed by atoms with van der Waals surface area (Å²) in [5, 5.41) is 3.44. The monoisotopic (exact) mass is 230 g/mol. The van der Waals surface area contributed by atoms with Gasteiger partial charge in [-0.2, -0.15) is 0 Å². The third-order valence-corrected chi connectivity index (χ3v) is 4.11. The molecule has 0 spiro atoms. The van der Waals surface area contributed by atoms with Crippen LogP contribution in [0.4, 0.5) is 0 Å². The molecule has 1 aliphatic rings. The standard InChI is InChI=1S/C15H22N2/c1-12(2)15(6-9-16-10-7-15)11-14-5-4-8-17-13(14)3/h4-5,8,16H,1,6-7,9-11H2,2-3H3. The van der Waals surface area contributed by atoms with Gasteiger partial charge < -0.3 is 5.32 Å². The van der Waals surface area contributed by atoms with Crippen molar-refractivity contribution in [2.45, 2.75) is 33.1 Å². The molecular formula is C15H22N2. The molecule has 1 fully saturated rings. The Morgan fingerprint density at radius 2 is 2.18 bits per heavy atom. The van der Waals surface area contributed by atoms with Crippen LogP contribution in [-0.2, 0) is 6.42 Å². The number of piperidine rings is 1. The predicted molar refractivity (Wildman–Crippen MR) is 72.0 cm³/mol. The van der Waals surface area contributed by atoms with E-state index in [0.717, 1.165) is 25.2 Å². The number of allylic oxidation sites excluding steroid dienone is 1. The number of aromatic nitrogens is 1. The van der Waals surface area contributed by atoms with Crippen LogP contribution in [0.3, 0.4) is 0 Å². The van der Waals surface area contributed by atoms with Crippen LogP contribution in [0.5, 0.6) is 0 Å². The average Bonchev–Trinajstić information content (AvgIpc) is 2.33. The minimum absolute atomic E-state index is 0.277. The van der Waals surface area contributed by atoms with Gasteiger partial charge in [0, 0.05) is 11.9 Å². The van der Waals surface area contributed by atoms with Gasteiger partial charge in [-0.25, -0.2) is 0 Å². The highest BCUT2D eigenvalue weighted by Crippen LogP contribution is 2.39. The van der Waals surface area contributed by atoms with E-state index in [2.05, 4.69) is 36.8 Å². The Bertz CT molecular complexity index is 403. The van der Waals surface area contributed by atoms with Gasteiger partial charge in [-0.3, -0.25) is 4.98 Å². The SMILES string of the molecule is C=C(C)C1(Cc2cccnc2C)CCNCC1. The summed E-state index contributed by atoms with van der Waals surface area (Å²) < 4.78 is 0. The van der Waals surface area contributed by atoms with Gasteiger partial charge in [-0.05, 0) is 63.2 Å². The molecule has 0 amide bonds. The molecule has 1 aromatic rings. The Morgan fingerprint density at radius 1 is 1.47 bits per heavy atom. The smallest absolute Gasteiger partial charge is 0.0404 e. The second-order valence-electron chi connectivity index (χ2n) is 5.24. The molecule has 2 heterocycles. The lowest BCUT2D eigenvalue weighted by molar-refractivity contribution is 0.251. The lowest BCUT2D eigenvalue weighted by Crippen LogP contribution is -2.39. The molecule has 92 valence electrons. The molecular weight excluding hydrogens is 208 g/mol. The summed E-state index contributed by atoms with van der Waals surface area (Å²) in [6, 6.07) is 4.24. The predicted octanol–water partition coefficient (Wildman–Crippen LogP) is 2.88. The quantitative estimate of drug-likeness (QED) is 0.808. The Morgan fingerprint density at radius 3 is 2.76 bits per heavy atom. The molecule has 2 heteroatoms. The summed E-state index contributed by atoms with van der Waals surface area (Å²) in [4.78, 5) is 4.39. The van der Waals surface area contributed by atoms with Crippen LogP contribution in [0.15, 0.2) is 30.5 Å². The Balaban J connectivity index is 2.24. The minimum atomic E-state index is 0.277. The van der Waals surface area contributed by atoms with Gasteiger partial charge in [0.25, 0.3) is 0 Å². The van der Waals surface area contributed by atoms with Gasteiger partial charge in [0.2, 0.25) is 0 Å². The minimum Gasteiger partial charge on any atom is -0.317 e. The van der Waals surface area contributed by atoms with E-state index in [1.807, 2.05) is 12.3 Å². The maximum absolute atomic E-state index is 4.39. The van der Waals surface area contributed by atoms with E-state index in [1.54, 1.807) is 0 Å². The van der Waals surface area contributed by atoms with E-state index in [9.17, 15) is 0 Å². The maximum atomic E-state index is 4.39. The Hall–Kier alpha value is -1.15. The molecule has 17 heavy (non-hydrogen) atoms. The summed E-state index contributed by atoms with van der Waals surface area (Å²) in [5.74, 6) is 0. The zero-order chi connectivity index (χ0) is 12.3. The number of hydrogen-bond donors (Lipinski definition) is 1. The molecule has 2 nitrogen and oxygen atoms in total. The van der Waals surface area contributed by atoms with Gasteiger partial charge in [0.15, 0.2) is 0 Å². The summed E-state index contributed by atoms with van der Waals surface area (Å²) in [6.07, 6.45) is 5.34. The van der Waals surface area contributed by atoms with Crippen LogP contribution in [0.2, 0.25) is 0 Å². The van der Waals surface area contributed by atoms with Crippen LogP contribution in [0.25, 0.3) is 0 Å². The van der Waals surface area contributed by atoms with Gasteiger partial charge in [0.1, 0.15) is 0 Å². The Labute approximate surface area is 104 Å². The molecule has 0 unspecified atom stereocenters. The number of rotatable bonds is 3. The largest absolute Gasteiger partial charge is 0.317 e. The second-order valence-corrected chi connectivity index (χ2v) is 5.24. The molecule has 0 radical (unpaired) electrons. The first-order valence-electron chi connectivity index (χ1n) is 6.41. The van der Waals surface area contributed by atoms with Crippen molar-refractivity contribution < 1.29 is 0 Å². The van der Waals surface area contributed by atoms with Crippen molar-refractivity contribution >= 4 is 0 Å². The molecule has 0 aromatic carbocycles. The van der Waals surface area contributed by atoms with Crippen molar-refractivity contribution in [2.75, 3.05) is 13.1 Å². The van der Waals surface area contributed by atoms with Crippen LogP contribution in [0, 0.1) is 12.3 Å². The van der Waals surface area contributed by atoms with E-state index in [-0.39, 0.29) is 5.41 Å². The molecule has 1 saturated heterocycles. The highest BCUT2D eigenvalue weighted by molar-refractivity contribution is 5.24. The van der Waals surface area contributed by atoms with Crippen LogP contribution in [0.1, 0.15) is 31.0 Å². The third kappa shape index (κ3) is 2.58. The van der Waals surface area contributed by atoms with Crippen LogP contribution < -0.4 is 5.32 Å². The van der Waals surface area contributed by atoms with Gasteiger partial charge in [-0.1, -0.05) is 18.2 Å². The first kappa shape index (κ1) is 12.3. The molecule has 1 N–H and O–H groups in total. The Kier molecular flexibility index (Phi) is 3.63. The number of aryl methyl sites for hydroxylation is 1. The zero-order valence-electron chi connectivity index (χ0n) is 10.9. The van der Waals surface area contributed by atoms with Crippen LogP contribution in [-0.4, -0.2) is 18.1 Å². The van der Waals surface area contributed by atoms with Gasteiger partial charge in [-0.15, -0.1) is 0 Å². The maximum Gasteiger partial charge on any atom is 0.0404 e. The topological polar surface area (TPSA) is 24.9 Å². The fourth-order valence-electron chi connectivity index (χ4n) is 2.73. The molecule has 1 aliphatic heterocycles. The first-order chi connectivity index (χ1) is 8.14. The highest BCUT2D eigenvalue weighted by Gasteiger charge is 2.33. The van der Waals surface area contributed by atoms with E-state index >= 15 is 0 Å². The first-order valence-corrected chi connectivity index (χ1v) is 6.41. The van der Waals surface area contributed by atoms with E-state index < -0.39 is 0 Å². The summed E-state index contributed by atoms with van der Waals surface area (Å²) >= 11 is 0. The molecule has 0 bridgehead atoms. The summed E-state index contributed by atoms with van der Waals surface area (Å²) in [5.41, 5.74) is 4.13. The third-order valence-electron chi connectivity index (χ3n) is 4.11. The molecule has 0 aliphatic carbocycles. The zero-order valence-corrected chi connectivity index (χ0v) is 10.9. The number of nitrogens with one attached hydrogen (secondary N) is 1. The lowest BCUT2D eigenvalue weighted by Gasteiger charge is -2.39. The van der Waals surface area contributed by atoms with Crippen molar-refractivity contribution in [1.82, 2.24) is 10.3 Å². The van der Waals surface area contributed by atoms with Gasteiger partial charge in [0.05, 0.1) is 0 Å². The molecule has 0 atom stereocenters. The van der Waals surface area contributed by atoms with Crippen molar-refractivity contribution in [3.8, 4) is 0 Å². The van der Waals surface area contributed by atoms with Crippen molar-refractivity contribution in [2.24, 2.45) is 5.41 Å². The second kappa shape index (κ2) is 5.01. The molecule has 1 aromatic heterocycles. The number of nitrogens with zero attached hydrogens (tertiary/aromatic N) is 1. The summed E-state index contributed by atoms with van der Waals surface area (Å²) in [7, 11) is 0. The van der Waals surface area contributed by atoms with Crippen molar-refractivity contribution in [3.05, 3.63) is 41.7 Å². The summed E-state index contributed by atoms with van der Waals surface area (Å²) in [6.45, 7) is 10.7. The van der Waals surface area contributed by atoms with E-state index in [1.165, 1.54) is 24.0 Å². The lowest BCUT2D eigenvalue weighted by atomic mass is 9.70. The molecule has 0 saturated carbocycles. The molecule has 2 rings (SSSR count). The fraction of sp³-hybridized carbons (Fsp3) is 0.533. The van der Waals surface area contributed by atoms with Crippen LogP contribution >= 0.6 is 0 Å². The van der Waals surface area contributed by atoms with Crippen molar-refractivity contribution in [1.29, 1.82) is 0 Å². The van der Waals surface area contributed by atoms with Crippen molar-refractivity contribution in [3.63, 3.8) is 0 Å². The average molecular weight is 230 g/mol.